The van der Waals surface area contributed by atoms with Crippen molar-refractivity contribution in [2.45, 2.75) is 6.42 Å². The Morgan fingerprint density at radius 3 is 2.90 bits per heavy atom. The van der Waals surface area contributed by atoms with E-state index in [2.05, 4.69) is 21.4 Å². The number of hydrogen-bond donors (Lipinski definition) is 1. The van der Waals surface area contributed by atoms with Crippen LogP contribution >= 0.6 is 11.8 Å². The highest BCUT2D eigenvalue weighted by molar-refractivity contribution is 8.14. The van der Waals surface area contributed by atoms with E-state index >= 15 is 0 Å². The molecule has 0 bridgehead atoms. The second kappa shape index (κ2) is 9.32. The van der Waals surface area contributed by atoms with Crippen molar-refractivity contribution >= 4 is 34.1 Å². The molecule has 2 heterocycles. The minimum atomic E-state index is -0.166. The van der Waals surface area contributed by atoms with Crippen LogP contribution < -0.4 is 14.8 Å². The second-order valence-corrected chi connectivity index (χ2v) is 7.68. The molecule has 0 spiro atoms. The van der Waals surface area contributed by atoms with Crippen LogP contribution in [0.15, 0.2) is 65.9 Å². The fraction of sp³-hybridized carbons (Fsp3) is 0.130. The molecule has 1 N–H and O–H groups in total. The van der Waals surface area contributed by atoms with Gasteiger partial charge in [-0.25, -0.2) is 4.99 Å². The highest BCUT2D eigenvalue weighted by Crippen LogP contribution is 2.33. The highest BCUT2D eigenvalue weighted by atomic mass is 32.2. The van der Waals surface area contributed by atoms with Gasteiger partial charge < -0.3 is 14.8 Å². The average Bonchev–Trinajstić information content (AvgIpc) is 3.21. The van der Waals surface area contributed by atoms with Crippen LogP contribution in [0.2, 0.25) is 0 Å². The van der Waals surface area contributed by atoms with Crippen molar-refractivity contribution in [3.63, 3.8) is 0 Å². The van der Waals surface area contributed by atoms with Gasteiger partial charge in [0.15, 0.2) is 0 Å². The Kier molecular flexibility index (Phi) is 6.15. The van der Waals surface area contributed by atoms with E-state index in [4.69, 9.17) is 14.7 Å². The van der Waals surface area contributed by atoms with Gasteiger partial charge >= 0.3 is 0 Å². The van der Waals surface area contributed by atoms with Crippen molar-refractivity contribution in [2.75, 3.05) is 18.2 Å². The monoisotopic (exact) mass is 430 g/mol. The number of rotatable bonds is 6. The van der Waals surface area contributed by atoms with Crippen LogP contribution in [0.25, 0.3) is 0 Å². The first kappa shape index (κ1) is 20.4. The van der Waals surface area contributed by atoms with Gasteiger partial charge in [-0.1, -0.05) is 6.07 Å². The maximum atomic E-state index is 12.5. The van der Waals surface area contributed by atoms with Crippen LogP contribution in [-0.2, 0) is 11.2 Å². The SMILES string of the molecule is COc1cc(Oc2cccnc2)ccc1NC(=O)CSC1=Nc2cc(C#N)ccc2C1. The van der Waals surface area contributed by atoms with Crippen molar-refractivity contribution in [1.29, 1.82) is 5.26 Å². The maximum absolute atomic E-state index is 12.5. The maximum Gasteiger partial charge on any atom is 0.234 e. The number of pyridine rings is 1. The van der Waals surface area contributed by atoms with E-state index in [1.165, 1.54) is 18.9 Å². The predicted molar refractivity (Wildman–Crippen MR) is 120 cm³/mol. The van der Waals surface area contributed by atoms with Gasteiger partial charge in [0.2, 0.25) is 5.91 Å². The molecule has 1 aliphatic rings. The Labute approximate surface area is 183 Å². The molecule has 31 heavy (non-hydrogen) atoms. The number of benzene rings is 2. The third-order valence-electron chi connectivity index (χ3n) is 4.49. The van der Waals surface area contributed by atoms with Crippen molar-refractivity contribution in [3.05, 3.63) is 72.1 Å². The fourth-order valence-electron chi connectivity index (χ4n) is 3.02. The van der Waals surface area contributed by atoms with E-state index in [1.54, 1.807) is 54.9 Å². The first-order valence-electron chi connectivity index (χ1n) is 9.44. The molecule has 1 aliphatic heterocycles. The summed E-state index contributed by atoms with van der Waals surface area (Å²) in [5, 5.41) is 12.7. The highest BCUT2D eigenvalue weighted by Gasteiger charge is 2.17. The van der Waals surface area contributed by atoms with Gasteiger partial charge in [-0.15, -0.1) is 11.8 Å². The molecule has 0 aliphatic carbocycles. The number of carbonyl (C=O) groups excluding carboxylic acids is 1. The first-order chi connectivity index (χ1) is 15.1. The largest absolute Gasteiger partial charge is 0.494 e. The van der Waals surface area contributed by atoms with E-state index in [9.17, 15) is 4.79 Å². The molecule has 0 unspecified atom stereocenters. The summed E-state index contributed by atoms with van der Waals surface area (Å²) in [4.78, 5) is 21.0. The summed E-state index contributed by atoms with van der Waals surface area (Å²) in [7, 11) is 1.54. The van der Waals surface area contributed by atoms with Crippen molar-refractivity contribution in [1.82, 2.24) is 4.98 Å². The molecule has 0 fully saturated rings. The van der Waals surface area contributed by atoms with E-state index in [0.29, 0.717) is 34.9 Å². The van der Waals surface area contributed by atoms with Crippen molar-refractivity contribution < 1.29 is 14.3 Å². The van der Waals surface area contributed by atoms with Crippen LogP contribution in [0.4, 0.5) is 11.4 Å². The predicted octanol–water partition coefficient (Wildman–Crippen LogP) is 4.71. The van der Waals surface area contributed by atoms with Gasteiger partial charge in [0.05, 0.1) is 47.1 Å². The molecule has 154 valence electrons. The normalized spacial score (nSPS) is 11.8. The molecular weight excluding hydrogens is 412 g/mol. The Morgan fingerprint density at radius 1 is 1.23 bits per heavy atom. The summed E-state index contributed by atoms with van der Waals surface area (Å²) in [5.41, 5.74) is 3.00. The van der Waals surface area contributed by atoms with Crippen LogP contribution in [0.1, 0.15) is 11.1 Å². The van der Waals surface area contributed by atoms with Crippen LogP contribution in [0.3, 0.4) is 0 Å². The van der Waals surface area contributed by atoms with Crippen LogP contribution in [-0.4, -0.2) is 28.8 Å². The standard InChI is InChI=1S/C23H18N4O3S/c1-29-21-11-17(30-18-3-2-8-25-13-18)6-7-19(21)26-22(28)14-31-23-10-16-5-4-15(12-24)9-20(16)27-23/h2-9,11,13H,10,14H2,1H3,(H,26,28). The Balaban J connectivity index is 1.36. The number of methoxy groups -OCH3 is 1. The van der Waals surface area contributed by atoms with Crippen molar-refractivity contribution in [3.8, 4) is 23.3 Å². The van der Waals surface area contributed by atoms with E-state index < -0.39 is 0 Å². The zero-order chi connectivity index (χ0) is 21.6. The van der Waals surface area contributed by atoms with Gasteiger partial charge in [-0.3, -0.25) is 9.78 Å². The molecule has 8 heteroatoms. The summed E-state index contributed by atoms with van der Waals surface area (Å²) in [6, 6.07) is 16.4. The topological polar surface area (TPSA) is 96.6 Å². The lowest BCUT2D eigenvalue weighted by atomic mass is 10.1. The third kappa shape index (κ3) is 5.02. The minimum absolute atomic E-state index is 0.166. The van der Waals surface area contributed by atoms with Crippen LogP contribution in [0, 0.1) is 11.3 Å². The number of ether oxygens (including phenoxy) is 2. The molecule has 7 nitrogen and oxygen atoms in total. The summed E-state index contributed by atoms with van der Waals surface area (Å²) in [6.45, 7) is 0. The summed E-state index contributed by atoms with van der Waals surface area (Å²) in [5.74, 6) is 1.73. The molecule has 2 aromatic carbocycles. The number of aliphatic imine (C=N–C) groups is 1. The van der Waals surface area contributed by atoms with Gasteiger partial charge in [-0.2, -0.15) is 5.26 Å². The molecule has 1 amide bonds. The molecule has 1 aromatic heterocycles. The number of carbonyl (C=O) groups is 1. The van der Waals surface area contributed by atoms with Crippen molar-refractivity contribution in [2.24, 2.45) is 4.99 Å². The number of fused-ring (bicyclic) bond motifs is 1. The molecule has 0 saturated carbocycles. The lowest BCUT2D eigenvalue weighted by Crippen LogP contribution is -2.16. The lowest BCUT2D eigenvalue weighted by Gasteiger charge is -2.12. The number of hydrogen-bond acceptors (Lipinski definition) is 7. The quantitative estimate of drug-likeness (QED) is 0.608. The molecule has 4 rings (SSSR count). The lowest BCUT2D eigenvalue weighted by molar-refractivity contribution is -0.113. The third-order valence-corrected chi connectivity index (χ3v) is 5.46. The van der Waals surface area contributed by atoms with E-state index in [1.807, 2.05) is 6.07 Å². The molecule has 0 atom stereocenters. The van der Waals surface area contributed by atoms with Gasteiger partial charge in [0.1, 0.15) is 17.2 Å². The molecular formula is C23H18N4O3S. The van der Waals surface area contributed by atoms with E-state index in [-0.39, 0.29) is 11.7 Å². The zero-order valence-electron chi connectivity index (χ0n) is 16.7. The Bertz CT molecular complexity index is 1190. The number of nitrogens with one attached hydrogen (secondary N) is 1. The van der Waals surface area contributed by atoms with Gasteiger partial charge in [-0.05, 0) is 42.0 Å². The van der Waals surface area contributed by atoms with Crippen LogP contribution in [0.5, 0.6) is 17.2 Å². The molecule has 0 radical (unpaired) electrons. The number of nitriles is 1. The molecule has 3 aromatic rings. The summed E-state index contributed by atoms with van der Waals surface area (Å²) >= 11 is 1.38. The summed E-state index contributed by atoms with van der Waals surface area (Å²) < 4.78 is 11.1. The molecule has 0 saturated heterocycles. The van der Waals surface area contributed by atoms with Gasteiger partial charge in [0.25, 0.3) is 0 Å². The number of nitrogens with zero attached hydrogens (tertiary/aromatic N) is 3. The average molecular weight is 430 g/mol. The summed E-state index contributed by atoms with van der Waals surface area (Å²) in [6.07, 6.45) is 3.96. The fourth-order valence-corrected chi connectivity index (χ4v) is 3.81. The van der Waals surface area contributed by atoms with Gasteiger partial charge in [0, 0.05) is 18.7 Å². The Hall–Kier alpha value is -3.83. The number of anilines is 1. The first-order valence-corrected chi connectivity index (χ1v) is 10.4. The zero-order valence-corrected chi connectivity index (χ0v) is 17.5. The number of amides is 1. The number of thioether (sulfide) groups is 1. The number of aromatic nitrogens is 1. The Morgan fingerprint density at radius 2 is 2.13 bits per heavy atom. The smallest absolute Gasteiger partial charge is 0.234 e. The van der Waals surface area contributed by atoms with E-state index in [0.717, 1.165) is 16.3 Å². The minimum Gasteiger partial charge on any atom is -0.494 e. The second-order valence-electron chi connectivity index (χ2n) is 6.63.